The van der Waals surface area contributed by atoms with Gasteiger partial charge < -0.3 is 64.2 Å². The van der Waals surface area contributed by atoms with E-state index in [9.17, 15) is 40.5 Å². The molecular formula is C36H68O14. The maximum absolute atomic E-state index is 12.7. The van der Waals surface area contributed by atoms with Gasteiger partial charge in [0.25, 0.3) is 0 Å². The molecule has 50 heavy (non-hydrogen) atoms. The summed E-state index contributed by atoms with van der Waals surface area (Å²) in [5.74, 6) is -0.383. The van der Waals surface area contributed by atoms with Crippen LogP contribution in [-0.2, 0) is 33.2 Å². The summed E-state index contributed by atoms with van der Waals surface area (Å²) in [5, 5.41) is 71.4. The number of hydrogen-bond donors (Lipinski definition) is 7. The van der Waals surface area contributed by atoms with Gasteiger partial charge >= 0.3 is 5.97 Å². The van der Waals surface area contributed by atoms with Crippen LogP contribution in [-0.4, -0.2) is 142 Å². The third kappa shape index (κ3) is 16.8. The number of esters is 1. The molecule has 11 unspecified atom stereocenters. The van der Waals surface area contributed by atoms with Crippen LogP contribution in [0.25, 0.3) is 0 Å². The topological polar surface area (TPSA) is 214 Å². The summed E-state index contributed by atoms with van der Waals surface area (Å²) in [6, 6.07) is 0. The summed E-state index contributed by atoms with van der Waals surface area (Å²) in [5.41, 5.74) is 0. The number of rotatable bonds is 28. The second kappa shape index (κ2) is 26.7. The zero-order chi connectivity index (χ0) is 36.7. The van der Waals surface area contributed by atoms with Gasteiger partial charge in [-0.05, 0) is 12.8 Å². The summed E-state index contributed by atoms with van der Waals surface area (Å²) < 4.78 is 33.8. The average Bonchev–Trinajstić information content (AvgIpc) is 3.11. The Bertz CT molecular complexity index is 850. The lowest BCUT2D eigenvalue weighted by molar-refractivity contribution is -0.332. The Morgan fingerprint density at radius 1 is 0.580 bits per heavy atom. The van der Waals surface area contributed by atoms with E-state index < -0.39 is 80.7 Å². The summed E-state index contributed by atoms with van der Waals surface area (Å²) in [4.78, 5) is 12.7. The van der Waals surface area contributed by atoms with Gasteiger partial charge in [-0.3, -0.25) is 4.79 Å². The highest BCUT2D eigenvalue weighted by atomic mass is 16.7. The smallest absolute Gasteiger partial charge is 0.306 e. The molecule has 0 radical (unpaired) electrons. The molecule has 2 fully saturated rings. The minimum absolute atomic E-state index is 0.0668. The fourth-order valence-corrected chi connectivity index (χ4v) is 6.11. The Hall–Kier alpha value is -1.01. The van der Waals surface area contributed by atoms with Crippen molar-refractivity contribution in [3.63, 3.8) is 0 Å². The van der Waals surface area contributed by atoms with Gasteiger partial charge in [0.05, 0.1) is 26.4 Å². The molecule has 296 valence electrons. The molecule has 2 heterocycles. The molecule has 2 aliphatic rings. The Morgan fingerprint density at radius 2 is 1.06 bits per heavy atom. The highest BCUT2D eigenvalue weighted by molar-refractivity contribution is 5.69. The van der Waals surface area contributed by atoms with Crippen molar-refractivity contribution in [3.8, 4) is 0 Å². The van der Waals surface area contributed by atoms with Crippen molar-refractivity contribution in [3.05, 3.63) is 0 Å². The lowest BCUT2D eigenvalue weighted by Gasteiger charge is -2.42. The fraction of sp³-hybridized carbons (Fsp3) is 0.972. The zero-order valence-electron chi connectivity index (χ0n) is 30.4. The Kier molecular flexibility index (Phi) is 24.1. The molecule has 0 aliphatic carbocycles. The van der Waals surface area contributed by atoms with Crippen molar-refractivity contribution in [1.29, 1.82) is 0 Å². The number of hydrogen-bond acceptors (Lipinski definition) is 14. The molecule has 0 bridgehead atoms. The highest BCUT2D eigenvalue weighted by Crippen LogP contribution is 2.26. The van der Waals surface area contributed by atoms with Crippen LogP contribution < -0.4 is 0 Å². The molecule has 7 N–H and O–H groups in total. The molecule has 2 saturated heterocycles. The Balaban J connectivity index is 1.88. The quantitative estimate of drug-likeness (QED) is 0.0456. The normalized spacial score (nSPS) is 30.7. The second-order valence-corrected chi connectivity index (χ2v) is 13.8. The van der Waals surface area contributed by atoms with E-state index in [2.05, 4.69) is 13.8 Å². The van der Waals surface area contributed by atoms with Gasteiger partial charge in [0, 0.05) is 13.0 Å². The van der Waals surface area contributed by atoms with Crippen molar-refractivity contribution < 1.29 is 69.0 Å². The van der Waals surface area contributed by atoms with Gasteiger partial charge in [-0.15, -0.1) is 0 Å². The van der Waals surface area contributed by atoms with Crippen molar-refractivity contribution in [2.75, 3.05) is 33.0 Å². The predicted molar refractivity (Wildman–Crippen MR) is 183 cm³/mol. The third-order valence-electron chi connectivity index (χ3n) is 9.37. The minimum Gasteiger partial charge on any atom is -0.457 e. The molecule has 0 saturated carbocycles. The molecular weight excluding hydrogens is 656 g/mol. The first-order chi connectivity index (χ1) is 24.1. The Labute approximate surface area is 298 Å². The van der Waals surface area contributed by atoms with Crippen LogP contribution in [0.15, 0.2) is 0 Å². The van der Waals surface area contributed by atoms with Crippen LogP contribution in [0.5, 0.6) is 0 Å². The number of unbranched alkanes of at least 4 members (excludes halogenated alkanes) is 14. The van der Waals surface area contributed by atoms with Crippen LogP contribution in [0.2, 0.25) is 0 Å². The molecule has 0 aromatic heterocycles. The molecule has 14 nitrogen and oxygen atoms in total. The van der Waals surface area contributed by atoms with Crippen LogP contribution in [0.1, 0.15) is 123 Å². The lowest BCUT2D eigenvalue weighted by atomic mass is 9.98. The first-order valence-electron chi connectivity index (χ1n) is 19.1. The maximum atomic E-state index is 12.7. The zero-order valence-corrected chi connectivity index (χ0v) is 30.4. The third-order valence-corrected chi connectivity index (χ3v) is 9.37. The molecule has 2 aliphatic heterocycles. The van der Waals surface area contributed by atoms with Gasteiger partial charge in [0.15, 0.2) is 12.6 Å². The van der Waals surface area contributed by atoms with E-state index in [0.29, 0.717) is 13.0 Å². The van der Waals surface area contributed by atoms with E-state index in [1.165, 1.54) is 57.8 Å². The molecule has 0 amide bonds. The number of carbonyl (C=O) groups excluding carboxylic acids is 1. The van der Waals surface area contributed by atoms with E-state index >= 15 is 0 Å². The number of aliphatic hydroxyl groups excluding tert-OH is 7. The predicted octanol–water partition coefficient (Wildman–Crippen LogP) is 2.23. The lowest BCUT2D eigenvalue weighted by Crippen LogP contribution is -2.61. The van der Waals surface area contributed by atoms with E-state index in [1.54, 1.807) is 0 Å². The number of ether oxygens (including phenoxy) is 6. The van der Waals surface area contributed by atoms with E-state index in [-0.39, 0.29) is 25.6 Å². The molecule has 0 aromatic carbocycles. The van der Waals surface area contributed by atoms with E-state index in [0.717, 1.165) is 38.5 Å². The van der Waals surface area contributed by atoms with Crippen molar-refractivity contribution in [2.45, 2.75) is 191 Å². The minimum atomic E-state index is -1.70. The SMILES string of the molecule is CCCCCCCCCCOCC(COC1OC(COC2OC(CO)C(O)C(O)C2O)C(O)C(O)C1O)OC(=O)CCCCCCCCCC. The van der Waals surface area contributed by atoms with Crippen LogP contribution >= 0.6 is 0 Å². The van der Waals surface area contributed by atoms with Crippen molar-refractivity contribution >= 4 is 5.97 Å². The van der Waals surface area contributed by atoms with Crippen molar-refractivity contribution in [1.82, 2.24) is 0 Å². The number of carbonyl (C=O) groups is 1. The van der Waals surface area contributed by atoms with Crippen LogP contribution in [0.4, 0.5) is 0 Å². The van der Waals surface area contributed by atoms with Crippen molar-refractivity contribution in [2.24, 2.45) is 0 Å². The van der Waals surface area contributed by atoms with E-state index in [1.807, 2.05) is 0 Å². The number of aliphatic hydroxyl groups is 7. The largest absolute Gasteiger partial charge is 0.457 e. The Morgan fingerprint density at radius 3 is 1.62 bits per heavy atom. The fourth-order valence-electron chi connectivity index (χ4n) is 6.11. The molecule has 2 rings (SSSR count). The van der Waals surface area contributed by atoms with Gasteiger partial charge in [-0.2, -0.15) is 0 Å². The van der Waals surface area contributed by atoms with E-state index in [4.69, 9.17) is 28.4 Å². The molecule has 0 spiro atoms. The van der Waals surface area contributed by atoms with Gasteiger partial charge in [0.1, 0.15) is 54.9 Å². The summed E-state index contributed by atoms with van der Waals surface area (Å²) in [6.07, 6.45) is 2.15. The molecule has 0 aromatic rings. The van der Waals surface area contributed by atoms with Gasteiger partial charge in [-0.25, -0.2) is 0 Å². The second-order valence-electron chi connectivity index (χ2n) is 13.8. The van der Waals surface area contributed by atoms with Crippen LogP contribution in [0, 0.1) is 0 Å². The average molecular weight is 725 g/mol. The first kappa shape index (κ1) is 45.1. The molecule has 11 atom stereocenters. The first-order valence-corrected chi connectivity index (χ1v) is 19.1. The van der Waals surface area contributed by atoms with Gasteiger partial charge in [0.2, 0.25) is 0 Å². The highest BCUT2D eigenvalue weighted by Gasteiger charge is 2.47. The summed E-state index contributed by atoms with van der Waals surface area (Å²) >= 11 is 0. The van der Waals surface area contributed by atoms with Gasteiger partial charge in [-0.1, -0.05) is 104 Å². The maximum Gasteiger partial charge on any atom is 0.306 e. The molecule has 14 heteroatoms. The summed E-state index contributed by atoms with van der Waals surface area (Å²) in [7, 11) is 0. The standard InChI is InChI=1S/C36H68O14/c1-3-5-7-9-11-13-15-17-19-28(38)48-25(22-45-20-18-16-14-12-10-8-6-4-2)23-46-35-34(44)32(42)30(40)27(50-35)24-47-36-33(43)31(41)29(39)26(21-37)49-36/h25-27,29-37,39-44H,3-24H2,1-2H3. The summed E-state index contributed by atoms with van der Waals surface area (Å²) in [6.45, 7) is 3.60. The van der Waals surface area contributed by atoms with Crippen LogP contribution in [0.3, 0.4) is 0 Å². The monoisotopic (exact) mass is 724 g/mol.